The Balaban J connectivity index is 1.73. The molecule has 108 valence electrons. The summed E-state index contributed by atoms with van der Waals surface area (Å²) < 4.78 is 0. The fraction of sp³-hybridized carbons (Fsp3) is 1.00. The third kappa shape index (κ3) is 8.93. The van der Waals surface area contributed by atoms with Gasteiger partial charge in [0.25, 0.3) is 0 Å². The van der Waals surface area contributed by atoms with E-state index in [1.54, 1.807) is 0 Å². The SMILES string of the molecule is CCCCCCCCCCOOC1CCCCC1. The van der Waals surface area contributed by atoms with Gasteiger partial charge in [0.05, 0.1) is 12.7 Å². The first-order valence-electron chi connectivity index (χ1n) is 8.21. The average Bonchev–Trinajstić information content (AvgIpc) is 2.42. The van der Waals surface area contributed by atoms with E-state index in [1.165, 1.54) is 77.0 Å². The topological polar surface area (TPSA) is 18.5 Å². The normalized spacial score (nSPS) is 17.2. The van der Waals surface area contributed by atoms with Gasteiger partial charge in [-0.2, -0.15) is 0 Å². The molecule has 0 amide bonds. The van der Waals surface area contributed by atoms with Gasteiger partial charge in [-0.3, -0.25) is 0 Å². The van der Waals surface area contributed by atoms with Crippen LogP contribution in [0.25, 0.3) is 0 Å². The van der Waals surface area contributed by atoms with Crippen molar-refractivity contribution < 1.29 is 9.78 Å². The Morgan fingerprint density at radius 3 is 2.06 bits per heavy atom. The van der Waals surface area contributed by atoms with Crippen LogP contribution in [0, 0.1) is 0 Å². The van der Waals surface area contributed by atoms with Crippen LogP contribution in [0.3, 0.4) is 0 Å². The van der Waals surface area contributed by atoms with Crippen LogP contribution in [-0.4, -0.2) is 12.7 Å². The van der Waals surface area contributed by atoms with E-state index in [-0.39, 0.29) is 0 Å². The van der Waals surface area contributed by atoms with E-state index in [4.69, 9.17) is 9.78 Å². The highest BCUT2D eigenvalue weighted by molar-refractivity contribution is 4.63. The minimum atomic E-state index is 0.382. The Bertz CT molecular complexity index is 164. The monoisotopic (exact) mass is 256 g/mol. The van der Waals surface area contributed by atoms with Crippen LogP contribution < -0.4 is 0 Å². The molecule has 1 aliphatic carbocycles. The molecule has 0 bridgehead atoms. The fourth-order valence-electron chi connectivity index (χ4n) is 2.60. The highest BCUT2D eigenvalue weighted by Gasteiger charge is 2.14. The van der Waals surface area contributed by atoms with Crippen LogP contribution in [-0.2, 0) is 9.78 Å². The first kappa shape index (κ1) is 16.0. The summed E-state index contributed by atoms with van der Waals surface area (Å²) in [6, 6.07) is 0. The van der Waals surface area contributed by atoms with E-state index >= 15 is 0 Å². The predicted molar refractivity (Wildman–Crippen MR) is 76.5 cm³/mol. The van der Waals surface area contributed by atoms with Crippen LogP contribution >= 0.6 is 0 Å². The van der Waals surface area contributed by atoms with Crippen molar-refractivity contribution in [3.63, 3.8) is 0 Å². The maximum Gasteiger partial charge on any atom is 0.0930 e. The Hall–Kier alpha value is -0.0800. The van der Waals surface area contributed by atoms with Gasteiger partial charge in [0.2, 0.25) is 0 Å². The fourth-order valence-corrected chi connectivity index (χ4v) is 2.60. The first-order chi connectivity index (χ1) is 8.93. The molecule has 0 aromatic rings. The molecule has 0 aliphatic heterocycles. The smallest absolute Gasteiger partial charge is 0.0930 e. The molecule has 0 N–H and O–H groups in total. The lowest BCUT2D eigenvalue weighted by atomic mass is 9.98. The standard InChI is InChI=1S/C16H32O2/c1-2-3-4-5-6-7-8-12-15-17-18-16-13-10-9-11-14-16/h16H,2-15H2,1H3. The van der Waals surface area contributed by atoms with Gasteiger partial charge in [-0.15, -0.1) is 0 Å². The van der Waals surface area contributed by atoms with Crippen molar-refractivity contribution >= 4 is 0 Å². The van der Waals surface area contributed by atoms with Gasteiger partial charge in [-0.05, 0) is 19.3 Å². The molecule has 2 heteroatoms. The minimum Gasteiger partial charge on any atom is -0.236 e. The molecule has 0 unspecified atom stereocenters. The van der Waals surface area contributed by atoms with Gasteiger partial charge >= 0.3 is 0 Å². The van der Waals surface area contributed by atoms with Crippen molar-refractivity contribution in [2.75, 3.05) is 6.61 Å². The van der Waals surface area contributed by atoms with Crippen molar-refractivity contribution in [3.05, 3.63) is 0 Å². The van der Waals surface area contributed by atoms with Crippen LogP contribution in [0.4, 0.5) is 0 Å². The maximum absolute atomic E-state index is 5.44. The second kappa shape index (κ2) is 12.0. The molecule has 0 radical (unpaired) electrons. The molecule has 1 aliphatic rings. The van der Waals surface area contributed by atoms with Gasteiger partial charge in [-0.25, -0.2) is 9.78 Å². The van der Waals surface area contributed by atoms with Gasteiger partial charge < -0.3 is 0 Å². The maximum atomic E-state index is 5.44. The highest BCUT2D eigenvalue weighted by atomic mass is 17.2. The minimum absolute atomic E-state index is 0.382. The lowest BCUT2D eigenvalue weighted by molar-refractivity contribution is -0.328. The van der Waals surface area contributed by atoms with E-state index in [0.717, 1.165) is 13.0 Å². The van der Waals surface area contributed by atoms with Crippen LogP contribution in [0.1, 0.15) is 90.4 Å². The molecule has 0 aromatic carbocycles. The summed E-state index contributed by atoms with van der Waals surface area (Å²) in [7, 11) is 0. The quantitative estimate of drug-likeness (QED) is 0.279. The molecule has 0 spiro atoms. The molecule has 1 rings (SSSR count). The third-order valence-corrected chi connectivity index (χ3v) is 3.84. The van der Waals surface area contributed by atoms with E-state index in [0.29, 0.717) is 6.10 Å². The number of rotatable bonds is 11. The lowest BCUT2D eigenvalue weighted by Gasteiger charge is -2.20. The summed E-state index contributed by atoms with van der Waals surface area (Å²) in [6.45, 7) is 3.05. The molecule has 0 saturated heterocycles. The number of unbranched alkanes of at least 4 members (excludes halogenated alkanes) is 7. The van der Waals surface area contributed by atoms with Crippen molar-refractivity contribution in [3.8, 4) is 0 Å². The molecule has 2 nitrogen and oxygen atoms in total. The number of hydrogen-bond acceptors (Lipinski definition) is 2. The van der Waals surface area contributed by atoms with Gasteiger partial charge in [0, 0.05) is 0 Å². The Morgan fingerprint density at radius 2 is 1.39 bits per heavy atom. The molecular formula is C16H32O2. The zero-order valence-corrected chi connectivity index (χ0v) is 12.3. The third-order valence-electron chi connectivity index (χ3n) is 3.84. The highest BCUT2D eigenvalue weighted by Crippen LogP contribution is 2.20. The van der Waals surface area contributed by atoms with E-state index in [2.05, 4.69) is 6.92 Å². The Morgan fingerprint density at radius 1 is 0.778 bits per heavy atom. The zero-order chi connectivity index (χ0) is 12.9. The molecule has 0 heterocycles. The number of hydrogen-bond donors (Lipinski definition) is 0. The second-order valence-corrected chi connectivity index (χ2v) is 5.65. The van der Waals surface area contributed by atoms with Crippen LogP contribution in [0.2, 0.25) is 0 Å². The molecule has 0 atom stereocenters. The van der Waals surface area contributed by atoms with Gasteiger partial charge in [-0.1, -0.05) is 71.1 Å². The lowest BCUT2D eigenvalue weighted by Crippen LogP contribution is -2.17. The molecule has 18 heavy (non-hydrogen) atoms. The molecule has 1 fully saturated rings. The van der Waals surface area contributed by atoms with Crippen LogP contribution in [0.15, 0.2) is 0 Å². The second-order valence-electron chi connectivity index (χ2n) is 5.65. The zero-order valence-electron chi connectivity index (χ0n) is 12.3. The first-order valence-corrected chi connectivity index (χ1v) is 8.21. The van der Waals surface area contributed by atoms with Crippen LogP contribution in [0.5, 0.6) is 0 Å². The largest absolute Gasteiger partial charge is 0.236 e. The molecular weight excluding hydrogens is 224 g/mol. The van der Waals surface area contributed by atoms with E-state index in [1.807, 2.05) is 0 Å². The Kier molecular flexibility index (Phi) is 10.6. The van der Waals surface area contributed by atoms with Crippen molar-refractivity contribution in [1.82, 2.24) is 0 Å². The van der Waals surface area contributed by atoms with E-state index in [9.17, 15) is 0 Å². The van der Waals surface area contributed by atoms with Crippen molar-refractivity contribution in [2.45, 2.75) is 96.5 Å². The molecule has 1 saturated carbocycles. The summed E-state index contributed by atoms with van der Waals surface area (Å²) in [4.78, 5) is 10.8. The summed E-state index contributed by atoms with van der Waals surface area (Å²) in [5.41, 5.74) is 0. The summed E-state index contributed by atoms with van der Waals surface area (Å²) >= 11 is 0. The summed E-state index contributed by atoms with van der Waals surface area (Å²) in [5.74, 6) is 0. The summed E-state index contributed by atoms with van der Waals surface area (Å²) in [6.07, 6.45) is 17.5. The van der Waals surface area contributed by atoms with Gasteiger partial charge in [0.15, 0.2) is 0 Å². The summed E-state index contributed by atoms with van der Waals surface area (Å²) in [5, 5.41) is 0. The molecule has 0 aromatic heterocycles. The van der Waals surface area contributed by atoms with Crippen molar-refractivity contribution in [2.24, 2.45) is 0 Å². The van der Waals surface area contributed by atoms with Crippen molar-refractivity contribution in [1.29, 1.82) is 0 Å². The average molecular weight is 256 g/mol. The van der Waals surface area contributed by atoms with Gasteiger partial charge in [0.1, 0.15) is 0 Å². The Labute approximate surface area is 113 Å². The predicted octanol–water partition coefficient (Wildman–Crippen LogP) is 5.41. The van der Waals surface area contributed by atoms with E-state index < -0.39 is 0 Å².